The Morgan fingerprint density at radius 1 is 1.10 bits per heavy atom. The summed E-state index contributed by atoms with van der Waals surface area (Å²) in [6.45, 7) is 1.13. The molecule has 1 heterocycles. The molecule has 1 N–H and O–H groups in total. The van der Waals surface area contributed by atoms with Gasteiger partial charge in [-0.15, -0.1) is 0 Å². The number of halogens is 2. The summed E-state index contributed by atoms with van der Waals surface area (Å²) >= 11 is 0. The molecule has 2 aromatic rings. The minimum atomic E-state index is -2.81. The summed E-state index contributed by atoms with van der Waals surface area (Å²) in [5.74, 6) is 0.994. The fourth-order valence-electron chi connectivity index (χ4n) is 2.05. The molecule has 0 aliphatic heterocycles. The van der Waals surface area contributed by atoms with E-state index in [2.05, 4.69) is 10.1 Å². The second-order valence-corrected chi connectivity index (χ2v) is 4.58. The Kier molecular flexibility index (Phi) is 4.74. The first kappa shape index (κ1) is 14.5. The Balaban J connectivity index is 2.03. The molecule has 0 fully saturated rings. The molecule has 2 atom stereocenters. The van der Waals surface area contributed by atoms with Crippen molar-refractivity contribution >= 4 is 0 Å². The van der Waals surface area contributed by atoms with E-state index < -0.39 is 6.61 Å². The van der Waals surface area contributed by atoms with Crippen molar-refractivity contribution in [2.45, 2.75) is 32.5 Å². The summed E-state index contributed by atoms with van der Waals surface area (Å²) in [6, 6.07) is 10.4. The fraction of sp³-hybridized carbons (Fsp3) is 0.333. The monoisotopic (exact) mass is 281 g/mol. The van der Waals surface area contributed by atoms with Crippen LogP contribution in [0.2, 0.25) is 0 Å². The molecule has 2 rings (SSSR count). The fourth-order valence-corrected chi connectivity index (χ4v) is 2.05. The molecular formula is C15H17F2NO2. The number of rotatable bonds is 6. The van der Waals surface area contributed by atoms with E-state index in [0.717, 1.165) is 11.3 Å². The molecule has 0 bridgehead atoms. The minimum absolute atomic E-state index is 0.0173. The highest BCUT2D eigenvalue weighted by molar-refractivity contribution is 5.30. The van der Waals surface area contributed by atoms with Crippen molar-refractivity contribution in [2.24, 2.45) is 0 Å². The number of nitrogens with one attached hydrogen (secondary N) is 1. The van der Waals surface area contributed by atoms with Crippen molar-refractivity contribution in [3.63, 3.8) is 0 Å². The van der Waals surface area contributed by atoms with E-state index in [1.165, 1.54) is 6.07 Å². The van der Waals surface area contributed by atoms with Crippen LogP contribution >= 0.6 is 0 Å². The topological polar surface area (TPSA) is 34.4 Å². The van der Waals surface area contributed by atoms with Gasteiger partial charge in [-0.3, -0.25) is 0 Å². The lowest BCUT2D eigenvalue weighted by Crippen LogP contribution is -2.22. The Morgan fingerprint density at radius 3 is 2.55 bits per heavy atom. The first-order chi connectivity index (χ1) is 9.56. The molecular weight excluding hydrogens is 264 g/mol. The van der Waals surface area contributed by atoms with Gasteiger partial charge in [0.2, 0.25) is 0 Å². The third kappa shape index (κ3) is 3.81. The van der Waals surface area contributed by atoms with Crippen LogP contribution in [0, 0.1) is 0 Å². The van der Waals surface area contributed by atoms with Crippen LogP contribution in [0.25, 0.3) is 0 Å². The van der Waals surface area contributed by atoms with E-state index in [9.17, 15) is 8.78 Å². The van der Waals surface area contributed by atoms with E-state index in [1.807, 2.05) is 32.0 Å². The molecule has 2 unspecified atom stereocenters. The van der Waals surface area contributed by atoms with Crippen molar-refractivity contribution in [2.75, 3.05) is 0 Å². The Hall–Kier alpha value is -1.88. The zero-order valence-electron chi connectivity index (χ0n) is 11.3. The molecule has 0 spiro atoms. The number of hydrogen-bond donors (Lipinski definition) is 1. The molecule has 3 nitrogen and oxygen atoms in total. The van der Waals surface area contributed by atoms with Gasteiger partial charge in [-0.1, -0.05) is 12.1 Å². The summed E-state index contributed by atoms with van der Waals surface area (Å²) in [5.41, 5.74) is 0.876. The van der Waals surface area contributed by atoms with Gasteiger partial charge in [0.25, 0.3) is 0 Å². The van der Waals surface area contributed by atoms with Crippen molar-refractivity contribution in [1.29, 1.82) is 0 Å². The number of ether oxygens (including phenoxy) is 1. The predicted molar refractivity (Wildman–Crippen MR) is 71.7 cm³/mol. The quantitative estimate of drug-likeness (QED) is 0.857. The maximum atomic E-state index is 12.2. The lowest BCUT2D eigenvalue weighted by atomic mass is 10.1. The van der Waals surface area contributed by atoms with Crippen LogP contribution in [0.15, 0.2) is 47.1 Å². The molecule has 0 aliphatic carbocycles. The van der Waals surface area contributed by atoms with E-state index in [0.29, 0.717) is 0 Å². The van der Waals surface area contributed by atoms with Crippen LogP contribution in [0.1, 0.15) is 37.3 Å². The first-order valence-electron chi connectivity index (χ1n) is 6.40. The van der Waals surface area contributed by atoms with Crippen molar-refractivity contribution in [1.82, 2.24) is 5.32 Å². The normalized spacial score (nSPS) is 14.2. The average molecular weight is 281 g/mol. The van der Waals surface area contributed by atoms with E-state index >= 15 is 0 Å². The maximum Gasteiger partial charge on any atom is 0.387 e. The van der Waals surface area contributed by atoms with E-state index in [-0.39, 0.29) is 17.8 Å². The zero-order chi connectivity index (χ0) is 14.5. The molecule has 5 heteroatoms. The standard InChI is InChI=1S/C15H17F2NO2/c1-10(18-11(2)14-7-4-8-19-14)12-5-3-6-13(9-12)20-15(16)17/h3-11,15,18H,1-2H3. The Bertz CT molecular complexity index is 528. The second-order valence-electron chi connectivity index (χ2n) is 4.58. The van der Waals surface area contributed by atoms with Crippen molar-refractivity contribution in [3.05, 3.63) is 54.0 Å². The van der Waals surface area contributed by atoms with Crippen LogP contribution in [-0.2, 0) is 0 Å². The number of furan rings is 1. The zero-order valence-corrected chi connectivity index (χ0v) is 11.3. The number of benzene rings is 1. The molecule has 0 aliphatic rings. The number of alkyl halides is 2. The Labute approximate surface area is 116 Å². The molecule has 1 aromatic carbocycles. The summed E-state index contributed by atoms with van der Waals surface area (Å²) < 4.78 is 34.1. The molecule has 0 saturated heterocycles. The van der Waals surface area contributed by atoms with Gasteiger partial charge in [-0.25, -0.2) is 0 Å². The smallest absolute Gasteiger partial charge is 0.387 e. The average Bonchev–Trinajstić information content (AvgIpc) is 2.92. The lowest BCUT2D eigenvalue weighted by Gasteiger charge is -2.19. The van der Waals surface area contributed by atoms with E-state index in [4.69, 9.17) is 4.42 Å². The Morgan fingerprint density at radius 2 is 1.90 bits per heavy atom. The summed E-state index contributed by atoms with van der Waals surface area (Å²) in [6.07, 6.45) is 1.62. The lowest BCUT2D eigenvalue weighted by molar-refractivity contribution is -0.0499. The number of hydrogen-bond acceptors (Lipinski definition) is 3. The minimum Gasteiger partial charge on any atom is -0.468 e. The van der Waals surface area contributed by atoms with Crippen LogP contribution in [0.3, 0.4) is 0 Å². The molecule has 20 heavy (non-hydrogen) atoms. The van der Waals surface area contributed by atoms with Gasteiger partial charge in [0, 0.05) is 6.04 Å². The summed E-state index contributed by atoms with van der Waals surface area (Å²) in [5, 5.41) is 3.34. The predicted octanol–water partition coefficient (Wildman–Crippen LogP) is 4.29. The van der Waals surface area contributed by atoms with Crippen molar-refractivity contribution in [3.8, 4) is 5.75 Å². The van der Waals surface area contributed by atoms with Gasteiger partial charge in [0.05, 0.1) is 12.3 Å². The molecule has 0 radical (unpaired) electrons. The van der Waals surface area contributed by atoms with Crippen LogP contribution in [0.5, 0.6) is 5.75 Å². The highest BCUT2D eigenvalue weighted by atomic mass is 19.3. The highest BCUT2D eigenvalue weighted by Gasteiger charge is 2.14. The highest BCUT2D eigenvalue weighted by Crippen LogP contribution is 2.23. The van der Waals surface area contributed by atoms with Gasteiger partial charge in [0.15, 0.2) is 0 Å². The largest absolute Gasteiger partial charge is 0.468 e. The van der Waals surface area contributed by atoms with E-state index in [1.54, 1.807) is 18.4 Å². The van der Waals surface area contributed by atoms with Crippen LogP contribution in [-0.4, -0.2) is 6.61 Å². The molecule has 0 amide bonds. The van der Waals surface area contributed by atoms with Gasteiger partial charge < -0.3 is 14.5 Å². The second kappa shape index (κ2) is 6.52. The van der Waals surface area contributed by atoms with Gasteiger partial charge in [-0.2, -0.15) is 8.78 Å². The molecule has 1 aromatic heterocycles. The van der Waals surface area contributed by atoms with Gasteiger partial charge >= 0.3 is 6.61 Å². The van der Waals surface area contributed by atoms with Gasteiger partial charge in [0.1, 0.15) is 11.5 Å². The SMILES string of the molecule is CC(NC(C)c1ccco1)c1cccc(OC(F)F)c1. The molecule has 108 valence electrons. The third-order valence-corrected chi connectivity index (χ3v) is 3.05. The maximum absolute atomic E-state index is 12.2. The first-order valence-corrected chi connectivity index (χ1v) is 6.40. The van der Waals surface area contributed by atoms with Crippen molar-refractivity contribution < 1.29 is 17.9 Å². The molecule has 0 saturated carbocycles. The van der Waals surface area contributed by atoms with Gasteiger partial charge in [-0.05, 0) is 43.7 Å². The summed E-state index contributed by atoms with van der Waals surface area (Å²) in [7, 11) is 0. The van der Waals surface area contributed by atoms with Crippen LogP contribution < -0.4 is 10.1 Å². The van der Waals surface area contributed by atoms with Crippen LogP contribution in [0.4, 0.5) is 8.78 Å². The summed E-state index contributed by atoms with van der Waals surface area (Å²) in [4.78, 5) is 0. The third-order valence-electron chi connectivity index (χ3n) is 3.05.